The number of benzene rings is 3. The molecule has 0 aliphatic carbocycles. The van der Waals surface area contributed by atoms with Gasteiger partial charge in [0.05, 0.1) is 15.7 Å². The number of para-hydroxylation sites is 1. The number of aryl methyl sites for hydroxylation is 1. The van der Waals surface area contributed by atoms with Crippen molar-refractivity contribution in [3.05, 3.63) is 94.6 Å². The van der Waals surface area contributed by atoms with Gasteiger partial charge in [-0.15, -0.1) is 0 Å². The highest BCUT2D eigenvalue weighted by Crippen LogP contribution is 2.42. The molecule has 0 saturated carbocycles. The molecule has 0 fully saturated rings. The molecule has 0 saturated heterocycles. The molecule has 0 unspecified atom stereocenters. The van der Waals surface area contributed by atoms with E-state index in [-0.39, 0.29) is 11.4 Å². The fraction of sp³-hybridized carbons (Fsp3) is 0.0417. The van der Waals surface area contributed by atoms with Gasteiger partial charge in [0.15, 0.2) is 0 Å². The maximum Gasteiger partial charge on any atom is 0.227 e. The van der Waals surface area contributed by atoms with Crippen LogP contribution in [0.15, 0.2) is 83.3 Å². The van der Waals surface area contributed by atoms with Gasteiger partial charge in [0.25, 0.3) is 0 Å². The lowest BCUT2D eigenvalue weighted by Crippen LogP contribution is -2.10. The number of furan rings is 1. The molecule has 0 atom stereocenters. The Kier molecular flexibility index (Phi) is 3.65. The van der Waals surface area contributed by atoms with E-state index in [1.54, 1.807) is 12.1 Å². The maximum absolute atomic E-state index is 7.60. The summed E-state index contributed by atoms with van der Waals surface area (Å²) in [6.07, 6.45) is 0. The first-order valence-electron chi connectivity index (χ1n) is 10.5. The highest BCUT2D eigenvalue weighted by molar-refractivity contribution is 6.44. The van der Waals surface area contributed by atoms with Gasteiger partial charge in [-0.25, -0.2) is 4.98 Å². The summed E-state index contributed by atoms with van der Waals surface area (Å²) in [5.41, 5.74) is 3.39. The number of hydrogen-bond donors (Lipinski definition) is 0. The predicted octanol–water partition coefficient (Wildman–Crippen LogP) is 8.07. The van der Waals surface area contributed by atoms with Crippen molar-refractivity contribution in [3.63, 3.8) is 0 Å². The monoisotopic (exact) mass is 421 g/mol. The van der Waals surface area contributed by atoms with Gasteiger partial charge in [-0.1, -0.05) is 47.5 Å². The first-order valence-corrected chi connectivity index (χ1v) is 9.71. The minimum atomic E-state index is -2.30. The highest BCUT2D eigenvalue weighted by Gasteiger charge is 2.18. The molecule has 2 heterocycles. The molecular formula is C24H16Cl2N2O. The minimum Gasteiger partial charge on any atom is -0.438 e. The van der Waals surface area contributed by atoms with Crippen molar-refractivity contribution < 1.29 is 8.53 Å². The predicted molar refractivity (Wildman–Crippen MR) is 121 cm³/mol. The molecule has 29 heavy (non-hydrogen) atoms. The first kappa shape index (κ1) is 14.9. The Morgan fingerprint density at radius 2 is 1.72 bits per heavy atom. The molecule has 142 valence electrons. The second kappa shape index (κ2) is 7.11. The fourth-order valence-corrected chi connectivity index (χ4v) is 3.83. The van der Waals surface area contributed by atoms with Gasteiger partial charge in [-0.3, -0.25) is 0 Å². The lowest BCUT2D eigenvalue weighted by atomic mass is 10.1. The molecule has 0 radical (unpaired) electrons. The highest BCUT2D eigenvalue weighted by atomic mass is 35.5. The minimum absolute atomic E-state index is 0.000834. The summed E-state index contributed by atoms with van der Waals surface area (Å²) < 4.78 is 28.7. The normalized spacial score (nSPS) is 13.2. The molecule has 0 N–H and O–H groups in total. The van der Waals surface area contributed by atoms with Crippen molar-refractivity contribution in [2.75, 3.05) is 4.90 Å². The summed E-state index contributed by atoms with van der Waals surface area (Å²) in [4.78, 5) is 6.23. The number of halogens is 2. The largest absolute Gasteiger partial charge is 0.438 e. The Hall–Kier alpha value is -3.01. The van der Waals surface area contributed by atoms with Gasteiger partial charge in [-0.05, 0) is 61.4 Å². The average Bonchev–Trinajstić information content (AvgIpc) is 3.14. The van der Waals surface area contributed by atoms with Crippen LogP contribution >= 0.6 is 23.2 Å². The topological polar surface area (TPSA) is 29.3 Å². The van der Waals surface area contributed by atoms with Crippen LogP contribution in [0, 0.1) is 6.85 Å². The van der Waals surface area contributed by atoms with E-state index in [4.69, 9.17) is 31.7 Å². The van der Waals surface area contributed by atoms with Crippen molar-refractivity contribution in [1.29, 1.82) is 0 Å². The molecular weight excluding hydrogens is 403 g/mol. The summed E-state index contributed by atoms with van der Waals surface area (Å²) in [5.74, 6) is 0. The van der Waals surface area contributed by atoms with E-state index >= 15 is 0 Å². The Morgan fingerprint density at radius 1 is 0.862 bits per heavy atom. The zero-order valence-corrected chi connectivity index (χ0v) is 16.6. The van der Waals surface area contributed by atoms with Crippen molar-refractivity contribution in [3.8, 4) is 0 Å². The van der Waals surface area contributed by atoms with Gasteiger partial charge >= 0.3 is 0 Å². The average molecular weight is 422 g/mol. The third kappa shape index (κ3) is 3.13. The van der Waals surface area contributed by atoms with Crippen LogP contribution in [-0.2, 0) is 0 Å². The number of rotatable bonds is 3. The summed E-state index contributed by atoms with van der Waals surface area (Å²) >= 11 is 12.9. The van der Waals surface area contributed by atoms with Gasteiger partial charge in [0, 0.05) is 32.0 Å². The zero-order chi connectivity index (χ0) is 22.5. The molecule has 3 aromatic carbocycles. The van der Waals surface area contributed by atoms with Gasteiger partial charge < -0.3 is 9.32 Å². The van der Waals surface area contributed by atoms with Crippen LogP contribution in [0.5, 0.6) is 0 Å². The van der Waals surface area contributed by atoms with Crippen molar-refractivity contribution in [2.45, 2.75) is 6.85 Å². The van der Waals surface area contributed by atoms with Gasteiger partial charge in [0.2, 0.25) is 5.71 Å². The molecule has 0 amide bonds. The molecule has 5 aromatic rings. The zero-order valence-electron chi connectivity index (χ0n) is 18.1. The summed E-state index contributed by atoms with van der Waals surface area (Å²) in [6.45, 7) is -2.30. The van der Waals surface area contributed by atoms with E-state index in [2.05, 4.69) is 4.98 Å². The lowest BCUT2D eigenvalue weighted by Gasteiger charge is -2.26. The Balaban J connectivity index is 1.72. The second-order valence-electron chi connectivity index (χ2n) is 6.58. The molecule has 0 aliphatic heterocycles. The molecule has 0 aliphatic rings. The number of aromatic nitrogens is 1. The molecule has 0 bridgehead atoms. The molecule has 5 rings (SSSR count). The third-order valence-electron chi connectivity index (χ3n) is 4.76. The molecule has 3 nitrogen and oxygen atoms in total. The maximum atomic E-state index is 7.60. The lowest BCUT2D eigenvalue weighted by molar-refractivity contribution is 0.652. The molecule has 0 spiro atoms. The first-order chi connectivity index (χ1) is 15.3. The van der Waals surface area contributed by atoms with Crippen molar-refractivity contribution in [2.24, 2.45) is 0 Å². The van der Waals surface area contributed by atoms with Crippen LogP contribution in [-0.4, -0.2) is 4.98 Å². The Bertz CT molecular complexity index is 1450. The Morgan fingerprint density at radius 3 is 2.55 bits per heavy atom. The summed E-state index contributed by atoms with van der Waals surface area (Å²) in [5, 5.41) is 2.46. The van der Waals surface area contributed by atoms with Crippen LogP contribution in [0.3, 0.4) is 0 Å². The van der Waals surface area contributed by atoms with Crippen LogP contribution < -0.4 is 4.90 Å². The van der Waals surface area contributed by atoms with Crippen LogP contribution in [0.2, 0.25) is 10.0 Å². The van der Waals surface area contributed by atoms with Crippen LogP contribution in [0.4, 0.5) is 17.1 Å². The number of nitrogens with zero attached hydrogens (tertiary/aromatic N) is 2. The SMILES string of the molecule is [2H]C([2H])([2H])c1ccc2c(n1)oc1ccc(N(c3ccccc3)c3cccc(Cl)c3Cl)cc12. The molecule has 5 heteroatoms. The second-order valence-corrected chi connectivity index (χ2v) is 7.36. The van der Waals surface area contributed by atoms with E-state index in [0.29, 0.717) is 15.6 Å². The van der Waals surface area contributed by atoms with E-state index in [1.165, 1.54) is 6.07 Å². The number of fused-ring (bicyclic) bond motifs is 3. The van der Waals surface area contributed by atoms with Crippen LogP contribution in [0.1, 0.15) is 9.81 Å². The third-order valence-corrected chi connectivity index (χ3v) is 5.57. The van der Waals surface area contributed by atoms with Gasteiger partial charge in [-0.2, -0.15) is 0 Å². The number of hydrogen-bond acceptors (Lipinski definition) is 3. The van der Waals surface area contributed by atoms with Crippen molar-refractivity contribution in [1.82, 2.24) is 4.98 Å². The molecule has 2 aromatic heterocycles. The standard InChI is InChI=1S/C24H16Cl2N2O/c1-15-10-12-18-19-14-17(11-13-22(19)29-24(18)27-15)28(16-6-3-2-4-7-16)21-9-5-8-20(25)23(21)26/h2-14H,1H3/i1D3. The summed E-state index contributed by atoms with van der Waals surface area (Å²) in [6, 6.07) is 24.3. The van der Waals surface area contributed by atoms with Crippen molar-refractivity contribution >= 4 is 62.3 Å². The van der Waals surface area contributed by atoms with E-state index in [0.717, 1.165) is 27.8 Å². The van der Waals surface area contributed by atoms with E-state index in [9.17, 15) is 0 Å². The smallest absolute Gasteiger partial charge is 0.227 e. The number of pyridine rings is 1. The Labute approximate surface area is 182 Å². The van der Waals surface area contributed by atoms with Gasteiger partial charge in [0.1, 0.15) is 5.58 Å². The van der Waals surface area contributed by atoms with Crippen LogP contribution in [0.25, 0.3) is 22.1 Å². The van der Waals surface area contributed by atoms with E-state index in [1.807, 2.05) is 65.6 Å². The quantitative estimate of drug-likeness (QED) is 0.294. The number of anilines is 3. The van der Waals surface area contributed by atoms with E-state index < -0.39 is 6.85 Å². The fourth-order valence-electron chi connectivity index (χ4n) is 3.45. The summed E-state index contributed by atoms with van der Waals surface area (Å²) in [7, 11) is 0.